The van der Waals surface area contributed by atoms with E-state index >= 15 is 0 Å². The smallest absolute Gasteiger partial charge is 0.412 e. The maximum Gasteiger partial charge on any atom is 0.412 e. The van der Waals surface area contributed by atoms with E-state index in [9.17, 15) is 9.59 Å². The number of anilines is 1. The monoisotopic (exact) mass is 532 g/mol. The molecule has 0 aliphatic heterocycles. The highest BCUT2D eigenvalue weighted by atomic mass is 35.5. The number of carbonyl (C=O) groups is 2. The van der Waals surface area contributed by atoms with E-state index in [1.54, 1.807) is 30.4 Å². The minimum Gasteiger partial charge on any atom is -0.481 e. The summed E-state index contributed by atoms with van der Waals surface area (Å²) in [5.41, 5.74) is 4.58. The zero-order valence-corrected chi connectivity index (χ0v) is 21.2. The fraction of sp³-hybridized carbons (Fsp3) is 0.107. The van der Waals surface area contributed by atoms with E-state index in [-0.39, 0.29) is 6.42 Å². The summed E-state index contributed by atoms with van der Waals surface area (Å²) in [4.78, 5) is 23.6. The Morgan fingerprint density at radius 2 is 1.84 bits per heavy atom. The third-order valence-electron chi connectivity index (χ3n) is 5.92. The van der Waals surface area contributed by atoms with Crippen molar-refractivity contribution in [1.82, 2.24) is 5.16 Å². The number of amides is 1. The van der Waals surface area contributed by atoms with Gasteiger partial charge in [0, 0.05) is 26.2 Å². The maximum absolute atomic E-state index is 12.7. The third-order valence-corrected chi connectivity index (χ3v) is 7.21. The molecule has 37 heavy (non-hydrogen) atoms. The summed E-state index contributed by atoms with van der Waals surface area (Å²) in [5.74, 6) is -0.450. The molecule has 2 N–H and O–H groups in total. The largest absolute Gasteiger partial charge is 0.481 e. The quantitative estimate of drug-likeness (QED) is 0.221. The number of fused-ring (bicyclic) bond motifs is 1. The number of aliphatic carboxylic acids is 1. The normalized spacial score (nSPS) is 11.8. The Labute approximate surface area is 221 Å². The minimum absolute atomic E-state index is 0.0199. The van der Waals surface area contributed by atoms with Crippen LogP contribution in [0.1, 0.15) is 24.2 Å². The number of carbonyl (C=O) groups excluding carboxylic acids is 1. The van der Waals surface area contributed by atoms with E-state index < -0.39 is 18.2 Å². The Balaban J connectivity index is 1.40. The molecule has 9 heteroatoms. The van der Waals surface area contributed by atoms with E-state index in [1.165, 1.54) is 6.20 Å². The molecule has 1 unspecified atom stereocenters. The van der Waals surface area contributed by atoms with Gasteiger partial charge in [0.2, 0.25) is 0 Å². The predicted octanol–water partition coefficient (Wildman–Crippen LogP) is 7.81. The number of benzene rings is 3. The number of ether oxygens (including phenoxy) is 1. The number of hydrogen-bond acceptors (Lipinski definition) is 6. The van der Waals surface area contributed by atoms with E-state index in [0.29, 0.717) is 22.0 Å². The van der Waals surface area contributed by atoms with Crippen molar-refractivity contribution in [2.45, 2.75) is 19.4 Å². The summed E-state index contributed by atoms with van der Waals surface area (Å²) in [7, 11) is 0. The van der Waals surface area contributed by atoms with Gasteiger partial charge in [-0.15, -0.1) is 11.3 Å². The van der Waals surface area contributed by atoms with Crippen molar-refractivity contribution in [1.29, 1.82) is 0 Å². The summed E-state index contributed by atoms with van der Waals surface area (Å²) >= 11 is 7.77. The van der Waals surface area contributed by atoms with Crippen molar-refractivity contribution in [2.24, 2.45) is 0 Å². The number of nitrogens with zero attached hydrogens (tertiary/aromatic N) is 1. The van der Waals surface area contributed by atoms with Crippen LogP contribution >= 0.6 is 22.9 Å². The molecular formula is C28H21ClN2O5S. The second-order valence-corrected chi connectivity index (χ2v) is 9.68. The number of halogens is 1. The molecule has 0 aliphatic carbocycles. The summed E-state index contributed by atoms with van der Waals surface area (Å²) in [6, 6.07) is 20.6. The summed E-state index contributed by atoms with van der Waals surface area (Å²) in [6.07, 6.45) is 0.207. The van der Waals surface area contributed by atoms with Crippen LogP contribution < -0.4 is 5.32 Å². The molecule has 7 nitrogen and oxygen atoms in total. The lowest BCUT2D eigenvalue weighted by Crippen LogP contribution is -2.16. The number of thiophene rings is 1. The molecule has 5 rings (SSSR count). The lowest BCUT2D eigenvalue weighted by atomic mass is 9.97. The predicted molar refractivity (Wildman–Crippen MR) is 144 cm³/mol. The molecule has 1 amide bonds. The number of carboxylic acid groups (broad SMARTS) is 1. The fourth-order valence-electron chi connectivity index (χ4n) is 4.16. The highest BCUT2D eigenvalue weighted by Gasteiger charge is 2.21. The van der Waals surface area contributed by atoms with Gasteiger partial charge in [-0.05, 0) is 47.2 Å². The highest BCUT2D eigenvalue weighted by Crippen LogP contribution is 2.41. The summed E-state index contributed by atoms with van der Waals surface area (Å²) in [6.45, 7) is 1.75. The zero-order chi connectivity index (χ0) is 25.9. The Morgan fingerprint density at radius 1 is 1.08 bits per heavy atom. The van der Waals surface area contributed by atoms with E-state index in [1.807, 2.05) is 60.0 Å². The molecule has 0 radical (unpaired) electrons. The second kappa shape index (κ2) is 10.5. The Kier molecular flexibility index (Phi) is 6.94. The van der Waals surface area contributed by atoms with Crippen LogP contribution in [0.3, 0.4) is 0 Å². The van der Waals surface area contributed by atoms with Gasteiger partial charge in [-0.3, -0.25) is 10.1 Å². The average Bonchev–Trinajstić information content (AvgIpc) is 3.54. The van der Waals surface area contributed by atoms with E-state index in [0.717, 1.165) is 32.3 Å². The van der Waals surface area contributed by atoms with Crippen LogP contribution in [0.2, 0.25) is 5.02 Å². The lowest BCUT2D eigenvalue weighted by Gasteiger charge is -2.15. The van der Waals surface area contributed by atoms with Gasteiger partial charge in [0.1, 0.15) is 11.8 Å². The summed E-state index contributed by atoms with van der Waals surface area (Å²) in [5, 5.41) is 19.2. The van der Waals surface area contributed by atoms with Crippen LogP contribution in [0, 0.1) is 0 Å². The van der Waals surface area contributed by atoms with Crippen LogP contribution in [0.4, 0.5) is 10.5 Å². The van der Waals surface area contributed by atoms with Crippen LogP contribution in [0.15, 0.2) is 82.8 Å². The average molecular weight is 533 g/mol. The molecular weight excluding hydrogens is 512 g/mol. The third kappa shape index (κ3) is 5.21. The van der Waals surface area contributed by atoms with Gasteiger partial charge in [-0.2, -0.15) is 0 Å². The highest BCUT2D eigenvalue weighted by molar-refractivity contribution is 7.17. The van der Waals surface area contributed by atoms with Crippen molar-refractivity contribution in [3.8, 4) is 22.5 Å². The maximum atomic E-state index is 12.7. The zero-order valence-electron chi connectivity index (χ0n) is 19.6. The van der Waals surface area contributed by atoms with Gasteiger partial charge in [0.05, 0.1) is 12.6 Å². The molecule has 2 aromatic heterocycles. The summed E-state index contributed by atoms with van der Waals surface area (Å²) < 4.78 is 12.0. The number of nitrogens with one attached hydrogen (secondary N) is 1. The molecule has 1 atom stereocenters. The Morgan fingerprint density at radius 3 is 2.59 bits per heavy atom. The molecule has 5 aromatic rings. The van der Waals surface area contributed by atoms with Crippen LogP contribution in [-0.4, -0.2) is 22.3 Å². The van der Waals surface area contributed by atoms with Crippen LogP contribution in [-0.2, 0) is 16.0 Å². The van der Waals surface area contributed by atoms with Crippen molar-refractivity contribution in [3.05, 3.63) is 94.5 Å². The lowest BCUT2D eigenvalue weighted by molar-refractivity contribution is -0.136. The van der Waals surface area contributed by atoms with Gasteiger partial charge >= 0.3 is 12.1 Å². The van der Waals surface area contributed by atoms with Gasteiger partial charge < -0.3 is 14.4 Å². The molecule has 3 aromatic carbocycles. The van der Waals surface area contributed by atoms with Crippen molar-refractivity contribution in [2.75, 3.05) is 5.32 Å². The van der Waals surface area contributed by atoms with Gasteiger partial charge in [0.15, 0.2) is 5.76 Å². The molecule has 0 bridgehead atoms. The van der Waals surface area contributed by atoms with Crippen molar-refractivity contribution >= 4 is 50.8 Å². The second-order valence-electron chi connectivity index (χ2n) is 8.35. The molecule has 186 valence electrons. The molecule has 0 aliphatic rings. The molecule has 0 fully saturated rings. The Hall–Kier alpha value is -4.14. The Bertz CT molecular complexity index is 1590. The van der Waals surface area contributed by atoms with E-state index in [2.05, 4.69) is 10.5 Å². The number of hydrogen-bond donors (Lipinski definition) is 2. The van der Waals surface area contributed by atoms with Gasteiger partial charge in [0.25, 0.3) is 0 Å². The topological polar surface area (TPSA) is 102 Å². The number of carboxylic acids is 1. The first-order chi connectivity index (χ1) is 17.9. The molecule has 0 saturated carbocycles. The molecule has 0 spiro atoms. The number of aromatic nitrogens is 1. The fourth-order valence-corrected chi connectivity index (χ4v) is 5.38. The van der Waals surface area contributed by atoms with Gasteiger partial charge in [-0.25, -0.2) is 4.79 Å². The SMILES string of the molecule is CC(OC(=O)Nc1cnoc1-c1ccc(-c2ccc(CC(=O)O)cc2)c2ccsc12)c1ccccc1Cl. The molecule has 2 heterocycles. The first kappa shape index (κ1) is 24.5. The van der Waals surface area contributed by atoms with Crippen LogP contribution in [0.25, 0.3) is 32.5 Å². The van der Waals surface area contributed by atoms with Crippen LogP contribution in [0.5, 0.6) is 0 Å². The number of rotatable bonds is 7. The van der Waals surface area contributed by atoms with E-state index in [4.69, 9.17) is 26.0 Å². The standard InChI is InChI=1S/C28H21ClN2O5S/c1-16(19-4-2-3-5-23(19)29)35-28(34)31-24-15-30-36-26(24)22-11-10-20(21-12-13-37-27(21)22)18-8-6-17(7-9-18)14-25(32)33/h2-13,15-16H,14H2,1H3,(H,31,34)(H,32,33). The molecule has 0 saturated heterocycles. The van der Waals surface area contributed by atoms with Gasteiger partial charge in [-0.1, -0.05) is 65.3 Å². The van der Waals surface area contributed by atoms with Crippen molar-refractivity contribution < 1.29 is 24.0 Å². The minimum atomic E-state index is -0.865. The van der Waals surface area contributed by atoms with Crippen molar-refractivity contribution in [3.63, 3.8) is 0 Å². The first-order valence-corrected chi connectivity index (χ1v) is 12.6. The first-order valence-electron chi connectivity index (χ1n) is 11.4.